The molecule has 0 aromatic heterocycles. The zero-order valence-electron chi connectivity index (χ0n) is 11.0. The number of halogens is 1. The van der Waals surface area contributed by atoms with Gasteiger partial charge in [0.1, 0.15) is 0 Å². The summed E-state index contributed by atoms with van der Waals surface area (Å²) in [5.41, 5.74) is 2.02. The Morgan fingerprint density at radius 1 is 1.05 bits per heavy atom. The van der Waals surface area contributed by atoms with Crippen LogP contribution in [-0.4, -0.2) is 18.2 Å². The van der Waals surface area contributed by atoms with Crippen LogP contribution in [0, 0.1) is 6.92 Å². The van der Waals surface area contributed by atoms with Crippen molar-refractivity contribution in [3.8, 4) is 0 Å². The van der Waals surface area contributed by atoms with Crippen LogP contribution in [0.2, 0.25) is 0 Å². The van der Waals surface area contributed by atoms with Crippen LogP contribution in [-0.2, 0) is 0 Å². The molecule has 0 heterocycles. The van der Waals surface area contributed by atoms with Crippen molar-refractivity contribution in [1.82, 2.24) is 5.32 Å². The van der Waals surface area contributed by atoms with Crippen molar-refractivity contribution in [2.24, 2.45) is 0 Å². The molecule has 0 aliphatic rings. The molecule has 0 spiro atoms. The molecule has 20 heavy (non-hydrogen) atoms. The van der Waals surface area contributed by atoms with Crippen LogP contribution in [0.5, 0.6) is 0 Å². The molecule has 0 aliphatic carbocycles. The number of hydrogen-bond donors (Lipinski definition) is 1. The first-order chi connectivity index (χ1) is 9.59. The SMILES string of the molecule is Cc1c(Br)cccc1C(=O)NCC(=O)c1ccccc1. The molecule has 0 bridgehead atoms. The second-order valence-electron chi connectivity index (χ2n) is 4.38. The normalized spacial score (nSPS) is 10.1. The lowest BCUT2D eigenvalue weighted by Crippen LogP contribution is -2.30. The average Bonchev–Trinajstić information content (AvgIpc) is 2.48. The predicted molar refractivity (Wildman–Crippen MR) is 82.0 cm³/mol. The van der Waals surface area contributed by atoms with Gasteiger partial charge in [0.2, 0.25) is 0 Å². The summed E-state index contributed by atoms with van der Waals surface area (Å²) < 4.78 is 0.875. The second kappa shape index (κ2) is 6.48. The Morgan fingerprint density at radius 2 is 1.75 bits per heavy atom. The van der Waals surface area contributed by atoms with Gasteiger partial charge in [-0.25, -0.2) is 0 Å². The van der Waals surface area contributed by atoms with Crippen molar-refractivity contribution in [2.75, 3.05) is 6.54 Å². The van der Waals surface area contributed by atoms with Gasteiger partial charge in [-0.15, -0.1) is 0 Å². The molecule has 0 unspecified atom stereocenters. The van der Waals surface area contributed by atoms with E-state index in [0.29, 0.717) is 11.1 Å². The Balaban J connectivity index is 2.03. The van der Waals surface area contributed by atoms with Crippen LogP contribution in [0.1, 0.15) is 26.3 Å². The number of carbonyl (C=O) groups is 2. The Morgan fingerprint density at radius 3 is 2.45 bits per heavy atom. The van der Waals surface area contributed by atoms with Crippen LogP contribution in [0.15, 0.2) is 53.0 Å². The molecule has 1 amide bonds. The van der Waals surface area contributed by atoms with Crippen LogP contribution in [0.4, 0.5) is 0 Å². The molecule has 3 nitrogen and oxygen atoms in total. The summed E-state index contributed by atoms with van der Waals surface area (Å²) in [6, 6.07) is 14.3. The zero-order chi connectivity index (χ0) is 14.5. The number of hydrogen-bond acceptors (Lipinski definition) is 2. The van der Waals surface area contributed by atoms with Gasteiger partial charge in [0.05, 0.1) is 6.54 Å². The first-order valence-electron chi connectivity index (χ1n) is 6.21. The van der Waals surface area contributed by atoms with Crippen molar-refractivity contribution in [3.05, 3.63) is 69.7 Å². The molecule has 2 aromatic rings. The van der Waals surface area contributed by atoms with E-state index in [-0.39, 0.29) is 18.2 Å². The van der Waals surface area contributed by atoms with Crippen LogP contribution in [0.25, 0.3) is 0 Å². The molecular weight excluding hydrogens is 318 g/mol. The van der Waals surface area contributed by atoms with E-state index >= 15 is 0 Å². The van der Waals surface area contributed by atoms with E-state index in [1.165, 1.54) is 0 Å². The second-order valence-corrected chi connectivity index (χ2v) is 5.24. The summed E-state index contributed by atoms with van der Waals surface area (Å²) in [6.45, 7) is 1.85. The lowest BCUT2D eigenvalue weighted by Gasteiger charge is -2.08. The van der Waals surface area contributed by atoms with E-state index in [2.05, 4.69) is 21.2 Å². The predicted octanol–water partition coefficient (Wildman–Crippen LogP) is 3.37. The minimum absolute atomic E-state index is 0.00516. The summed E-state index contributed by atoms with van der Waals surface area (Å²) in [7, 11) is 0. The Kier molecular flexibility index (Phi) is 4.69. The summed E-state index contributed by atoms with van der Waals surface area (Å²) in [6.07, 6.45) is 0. The van der Waals surface area contributed by atoms with E-state index in [9.17, 15) is 9.59 Å². The van der Waals surface area contributed by atoms with Gasteiger partial charge in [0, 0.05) is 15.6 Å². The molecule has 0 saturated heterocycles. The van der Waals surface area contributed by atoms with Crippen molar-refractivity contribution < 1.29 is 9.59 Å². The molecule has 2 aromatic carbocycles. The van der Waals surface area contributed by atoms with Gasteiger partial charge in [-0.2, -0.15) is 0 Å². The van der Waals surface area contributed by atoms with Crippen LogP contribution in [0.3, 0.4) is 0 Å². The molecule has 102 valence electrons. The third kappa shape index (κ3) is 3.33. The monoisotopic (exact) mass is 331 g/mol. The quantitative estimate of drug-likeness (QED) is 0.873. The maximum atomic E-state index is 12.1. The summed E-state index contributed by atoms with van der Waals surface area (Å²) in [4.78, 5) is 24.0. The molecular formula is C16H14BrNO2. The highest BCUT2D eigenvalue weighted by molar-refractivity contribution is 9.10. The van der Waals surface area contributed by atoms with Gasteiger partial charge in [0.15, 0.2) is 5.78 Å². The Hall–Kier alpha value is -1.94. The summed E-state index contributed by atoms with van der Waals surface area (Å²) >= 11 is 3.38. The van der Waals surface area contributed by atoms with Gasteiger partial charge in [-0.1, -0.05) is 52.3 Å². The van der Waals surface area contributed by atoms with Crippen molar-refractivity contribution in [1.29, 1.82) is 0 Å². The van der Waals surface area contributed by atoms with Crippen LogP contribution < -0.4 is 5.32 Å². The number of nitrogens with one attached hydrogen (secondary N) is 1. The number of benzene rings is 2. The minimum Gasteiger partial charge on any atom is -0.345 e. The lowest BCUT2D eigenvalue weighted by atomic mass is 10.1. The lowest BCUT2D eigenvalue weighted by molar-refractivity contribution is 0.0903. The van der Waals surface area contributed by atoms with Gasteiger partial charge in [0.25, 0.3) is 5.91 Å². The topological polar surface area (TPSA) is 46.2 Å². The molecule has 0 fully saturated rings. The van der Waals surface area contributed by atoms with Gasteiger partial charge in [-0.3, -0.25) is 9.59 Å². The fourth-order valence-corrected chi connectivity index (χ4v) is 2.20. The number of ketones is 1. The number of rotatable bonds is 4. The van der Waals surface area contributed by atoms with E-state index in [0.717, 1.165) is 10.0 Å². The molecule has 1 N–H and O–H groups in total. The maximum Gasteiger partial charge on any atom is 0.251 e. The summed E-state index contributed by atoms with van der Waals surface area (Å²) in [5.74, 6) is -0.348. The number of amides is 1. The molecule has 4 heteroatoms. The fourth-order valence-electron chi connectivity index (χ4n) is 1.84. The van der Waals surface area contributed by atoms with Crippen molar-refractivity contribution in [2.45, 2.75) is 6.92 Å². The molecule has 0 radical (unpaired) electrons. The largest absolute Gasteiger partial charge is 0.345 e. The Bertz CT molecular complexity index is 638. The Labute approximate surface area is 126 Å². The summed E-state index contributed by atoms with van der Waals surface area (Å²) in [5, 5.41) is 2.66. The fraction of sp³-hybridized carbons (Fsp3) is 0.125. The molecule has 0 atom stereocenters. The third-order valence-electron chi connectivity index (χ3n) is 3.02. The average molecular weight is 332 g/mol. The third-order valence-corrected chi connectivity index (χ3v) is 3.88. The van der Waals surface area contributed by atoms with Crippen molar-refractivity contribution >= 4 is 27.6 Å². The highest BCUT2D eigenvalue weighted by Gasteiger charge is 2.12. The number of Topliss-reactive ketones (excluding diaryl/α,β-unsaturated/α-hetero) is 1. The van der Waals surface area contributed by atoms with Gasteiger partial charge < -0.3 is 5.32 Å². The first-order valence-corrected chi connectivity index (χ1v) is 7.00. The van der Waals surface area contributed by atoms with E-state index in [1.54, 1.807) is 36.4 Å². The van der Waals surface area contributed by atoms with Crippen LogP contribution >= 0.6 is 15.9 Å². The first kappa shape index (κ1) is 14.5. The maximum absolute atomic E-state index is 12.1. The molecule has 0 saturated carbocycles. The van der Waals surface area contributed by atoms with E-state index in [4.69, 9.17) is 0 Å². The standard InChI is InChI=1S/C16H14BrNO2/c1-11-13(8-5-9-14(11)17)16(20)18-10-15(19)12-6-3-2-4-7-12/h2-9H,10H2,1H3,(H,18,20). The smallest absolute Gasteiger partial charge is 0.251 e. The molecule has 2 rings (SSSR count). The zero-order valence-corrected chi connectivity index (χ0v) is 12.6. The van der Waals surface area contributed by atoms with Gasteiger partial charge >= 0.3 is 0 Å². The number of carbonyl (C=O) groups excluding carboxylic acids is 2. The van der Waals surface area contributed by atoms with Gasteiger partial charge in [-0.05, 0) is 24.6 Å². The van der Waals surface area contributed by atoms with Crippen molar-refractivity contribution in [3.63, 3.8) is 0 Å². The van der Waals surface area contributed by atoms with E-state index in [1.807, 2.05) is 19.1 Å². The highest BCUT2D eigenvalue weighted by Crippen LogP contribution is 2.19. The van der Waals surface area contributed by atoms with E-state index < -0.39 is 0 Å². The highest BCUT2D eigenvalue weighted by atomic mass is 79.9. The minimum atomic E-state index is -0.243. The molecule has 0 aliphatic heterocycles.